The number of hydrogen-bond acceptors (Lipinski definition) is 3. The van der Waals surface area contributed by atoms with E-state index in [1.165, 1.54) is 18.2 Å². The first-order chi connectivity index (χ1) is 10.7. The van der Waals surface area contributed by atoms with Crippen molar-refractivity contribution in [3.63, 3.8) is 0 Å². The van der Waals surface area contributed by atoms with Crippen LogP contribution in [0, 0.1) is 0 Å². The van der Waals surface area contributed by atoms with Crippen molar-refractivity contribution in [2.45, 2.75) is 17.9 Å². The Kier molecular flexibility index (Phi) is 5.34. The molecule has 0 aliphatic heterocycles. The Morgan fingerprint density at radius 2 is 1.83 bits per heavy atom. The van der Waals surface area contributed by atoms with E-state index in [0.717, 1.165) is 11.8 Å². The van der Waals surface area contributed by atoms with E-state index in [9.17, 15) is 13.2 Å². The molecule has 0 saturated heterocycles. The Labute approximate surface area is 145 Å². The number of halogens is 2. The van der Waals surface area contributed by atoms with E-state index in [1.54, 1.807) is 25.1 Å². The summed E-state index contributed by atoms with van der Waals surface area (Å²) in [6.07, 6.45) is 1.08. The van der Waals surface area contributed by atoms with Crippen LogP contribution in [-0.4, -0.2) is 20.6 Å². The highest BCUT2D eigenvalue weighted by molar-refractivity contribution is 7.90. The van der Waals surface area contributed by atoms with E-state index in [2.05, 4.69) is 5.32 Å². The molecule has 0 heterocycles. The van der Waals surface area contributed by atoms with Crippen LogP contribution in [0.4, 0.5) is 0 Å². The van der Waals surface area contributed by atoms with Crippen molar-refractivity contribution in [1.82, 2.24) is 5.32 Å². The molecule has 1 amide bonds. The first-order valence-electron chi connectivity index (χ1n) is 6.74. The average molecular weight is 372 g/mol. The molecule has 2 aromatic rings. The Balaban J connectivity index is 2.27. The summed E-state index contributed by atoms with van der Waals surface area (Å²) in [5.74, 6) is -0.451. The van der Waals surface area contributed by atoms with E-state index in [0.29, 0.717) is 5.02 Å². The molecular weight excluding hydrogens is 357 g/mol. The van der Waals surface area contributed by atoms with Crippen LogP contribution in [0.15, 0.2) is 47.4 Å². The van der Waals surface area contributed by atoms with E-state index in [1.807, 2.05) is 6.07 Å². The maximum atomic E-state index is 12.4. The maximum Gasteiger partial charge on any atom is 0.253 e. The van der Waals surface area contributed by atoms with Gasteiger partial charge in [0.05, 0.1) is 21.5 Å². The quantitative estimate of drug-likeness (QED) is 0.886. The van der Waals surface area contributed by atoms with Crippen molar-refractivity contribution < 1.29 is 13.2 Å². The standard InChI is InChI=1S/C16H15Cl2NO3S/c1-10(11-4-3-5-12(17)8-11)19-16(20)14-9-13(23(2,21)22)6-7-15(14)18/h3-10H,1-2H3,(H,19,20). The highest BCUT2D eigenvalue weighted by Gasteiger charge is 2.17. The minimum absolute atomic E-state index is 0.0439. The summed E-state index contributed by atoms with van der Waals surface area (Å²) in [5.41, 5.74) is 0.949. The van der Waals surface area contributed by atoms with Crippen molar-refractivity contribution in [2.24, 2.45) is 0 Å². The van der Waals surface area contributed by atoms with E-state index < -0.39 is 15.7 Å². The average Bonchev–Trinajstić information content (AvgIpc) is 2.46. The number of amides is 1. The largest absolute Gasteiger partial charge is 0.345 e. The van der Waals surface area contributed by atoms with Gasteiger partial charge in [0.2, 0.25) is 0 Å². The monoisotopic (exact) mass is 371 g/mol. The first kappa shape index (κ1) is 17.8. The molecular formula is C16H15Cl2NO3S. The Morgan fingerprint density at radius 3 is 2.43 bits per heavy atom. The van der Waals surface area contributed by atoms with Gasteiger partial charge in [-0.05, 0) is 42.8 Å². The minimum atomic E-state index is -3.42. The summed E-state index contributed by atoms with van der Waals surface area (Å²) in [4.78, 5) is 12.4. The molecule has 2 aromatic carbocycles. The topological polar surface area (TPSA) is 63.2 Å². The van der Waals surface area contributed by atoms with Crippen molar-refractivity contribution in [3.05, 3.63) is 63.6 Å². The summed E-state index contributed by atoms with van der Waals surface area (Å²) in [6.45, 7) is 1.80. The Hall–Kier alpha value is -1.56. The fourth-order valence-corrected chi connectivity index (χ4v) is 3.09. The van der Waals surface area contributed by atoms with Gasteiger partial charge in [0.25, 0.3) is 5.91 Å². The van der Waals surface area contributed by atoms with E-state index in [-0.39, 0.29) is 21.5 Å². The lowest BCUT2D eigenvalue weighted by Crippen LogP contribution is -2.27. The molecule has 0 aliphatic rings. The molecule has 0 bridgehead atoms. The second-order valence-electron chi connectivity index (χ2n) is 5.16. The third-order valence-corrected chi connectivity index (χ3v) is 4.98. The molecule has 0 radical (unpaired) electrons. The van der Waals surface area contributed by atoms with Crippen molar-refractivity contribution in [1.29, 1.82) is 0 Å². The van der Waals surface area contributed by atoms with Crippen LogP contribution in [0.5, 0.6) is 0 Å². The third-order valence-electron chi connectivity index (χ3n) is 3.31. The number of carbonyl (C=O) groups is 1. The third kappa shape index (κ3) is 4.47. The van der Waals surface area contributed by atoms with Crippen molar-refractivity contribution in [2.75, 3.05) is 6.26 Å². The predicted molar refractivity (Wildman–Crippen MR) is 91.9 cm³/mol. The SMILES string of the molecule is CC(NC(=O)c1cc(S(C)(=O)=O)ccc1Cl)c1cccc(Cl)c1. The van der Waals surface area contributed by atoms with Gasteiger partial charge in [-0.1, -0.05) is 35.3 Å². The number of benzene rings is 2. The summed E-state index contributed by atoms with van der Waals surface area (Å²) in [7, 11) is -3.42. The minimum Gasteiger partial charge on any atom is -0.345 e. The molecule has 7 heteroatoms. The van der Waals surface area contributed by atoms with Gasteiger partial charge < -0.3 is 5.32 Å². The summed E-state index contributed by atoms with van der Waals surface area (Å²) in [6, 6.07) is 10.9. The first-order valence-corrected chi connectivity index (χ1v) is 9.39. The van der Waals surface area contributed by atoms with Gasteiger partial charge in [-0.15, -0.1) is 0 Å². The number of carbonyl (C=O) groups excluding carboxylic acids is 1. The van der Waals surface area contributed by atoms with Gasteiger partial charge in [-0.2, -0.15) is 0 Å². The van der Waals surface area contributed by atoms with E-state index >= 15 is 0 Å². The second kappa shape index (κ2) is 6.91. The molecule has 1 atom stereocenters. The van der Waals surface area contributed by atoms with Gasteiger partial charge in [0.1, 0.15) is 0 Å². The number of rotatable bonds is 4. The van der Waals surface area contributed by atoms with Gasteiger partial charge >= 0.3 is 0 Å². The van der Waals surface area contributed by atoms with Crippen LogP contribution in [0.2, 0.25) is 10.0 Å². The highest BCUT2D eigenvalue weighted by atomic mass is 35.5. The molecule has 0 saturated carbocycles. The fraction of sp³-hybridized carbons (Fsp3) is 0.188. The highest BCUT2D eigenvalue weighted by Crippen LogP contribution is 2.22. The number of sulfone groups is 1. The fourth-order valence-electron chi connectivity index (χ4n) is 2.04. The predicted octanol–water partition coefficient (Wildman–Crippen LogP) is 3.89. The molecule has 2 rings (SSSR count). The lowest BCUT2D eigenvalue weighted by atomic mass is 10.1. The second-order valence-corrected chi connectivity index (χ2v) is 8.02. The lowest BCUT2D eigenvalue weighted by Gasteiger charge is -2.15. The molecule has 0 aliphatic carbocycles. The lowest BCUT2D eigenvalue weighted by molar-refractivity contribution is 0.0940. The van der Waals surface area contributed by atoms with Crippen LogP contribution in [0.1, 0.15) is 28.9 Å². The van der Waals surface area contributed by atoms with Crippen LogP contribution in [-0.2, 0) is 9.84 Å². The maximum absolute atomic E-state index is 12.4. The van der Waals surface area contributed by atoms with Gasteiger partial charge in [0.15, 0.2) is 9.84 Å². The van der Waals surface area contributed by atoms with Gasteiger partial charge in [-0.25, -0.2) is 8.42 Å². The normalized spacial score (nSPS) is 12.7. The van der Waals surface area contributed by atoms with Crippen LogP contribution in [0.25, 0.3) is 0 Å². The van der Waals surface area contributed by atoms with Crippen LogP contribution < -0.4 is 5.32 Å². The van der Waals surface area contributed by atoms with Crippen molar-refractivity contribution in [3.8, 4) is 0 Å². The Bertz CT molecular complexity index is 850. The zero-order valence-corrected chi connectivity index (χ0v) is 14.8. The molecule has 1 N–H and O–H groups in total. The zero-order valence-electron chi connectivity index (χ0n) is 12.5. The summed E-state index contributed by atoms with van der Waals surface area (Å²) in [5, 5.41) is 3.54. The van der Waals surface area contributed by atoms with Crippen LogP contribution in [0.3, 0.4) is 0 Å². The molecule has 0 aromatic heterocycles. The number of nitrogens with one attached hydrogen (secondary N) is 1. The summed E-state index contributed by atoms with van der Waals surface area (Å²) < 4.78 is 23.2. The van der Waals surface area contributed by atoms with Gasteiger partial charge in [-0.3, -0.25) is 4.79 Å². The van der Waals surface area contributed by atoms with Crippen LogP contribution >= 0.6 is 23.2 Å². The molecule has 1 unspecified atom stereocenters. The smallest absolute Gasteiger partial charge is 0.253 e. The molecule has 0 fully saturated rings. The molecule has 23 heavy (non-hydrogen) atoms. The zero-order chi connectivity index (χ0) is 17.2. The summed E-state index contributed by atoms with van der Waals surface area (Å²) >= 11 is 12.0. The van der Waals surface area contributed by atoms with Gasteiger partial charge in [0, 0.05) is 11.3 Å². The van der Waals surface area contributed by atoms with Crippen molar-refractivity contribution >= 4 is 38.9 Å². The number of hydrogen-bond donors (Lipinski definition) is 1. The molecule has 0 spiro atoms. The molecule has 4 nitrogen and oxygen atoms in total. The molecule has 122 valence electrons. The van der Waals surface area contributed by atoms with E-state index in [4.69, 9.17) is 23.2 Å². The Morgan fingerprint density at radius 1 is 1.13 bits per heavy atom.